The summed E-state index contributed by atoms with van der Waals surface area (Å²) in [5.41, 5.74) is 8.21. The minimum absolute atomic E-state index is 0.299. The summed E-state index contributed by atoms with van der Waals surface area (Å²) in [5, 5.41) is 0. The Kier molecular flexibility index (Phi) is 2.41. The van der Waals surface area contributed by atoms with Gasteiger partial charge in [0.25, 0.3) is 0 Å². The number of amides is 1. The van der Waals surface area contributed by atoms with Crippen molar-refractivity contribution in [2.45, 2.75) is 19.8 Å². The van der Waals surface area contributed by atoms with Crippen molar-refractivity contribution < 1.29 is 4.79 Å². The van der Waals surface area contributed by atoms with Gasteiger partial charge >= 0.3 is 0 Å². The van der Waals surface area contributed by atoms with E-state index in [1.807, 2.05) is 25.1 Å². The van der Waals surface area contributed by atoms with Crippen molar-refractivity contribution in [2.24, 2.45) is 5.73 Å². The Labute approximate surface area is 87.5 Å². The number of primary amides is 1. The van der Waals surface area contributed by atoms with Crippen LogP contribution in [0, 0.1) is 6.92 Å². The summed E-state index contributed by atoms with van der Waals surface area (Å²) in [5.74, 6) is 0.515. The molecular weight excluding hydrogens is 190 g/mol. The molecule has 2 rings (SSSR count). The maximum atomic E-state index is 10.6. The highest BCUT2D eigenvalue weighted by atomic mass is 16.1. The molecule has 4 nitrogen and oxygen atoms in total. The van der Waals surface area contributed by atoms with E-state index in [0.717, 1.165) is 16.9 Å². The summed E-state index contributed by atoms with van der Waals surface area (Å²) < 4.78 is 0. The lowest BCUT2D eigenvalue weighted by Gasteiger charge is -1.91. The third-order valence-electron chi connectivity index (χ3n) is 2.29. The van der Waals surface area contributed by atoms with Gasteiger partial charge in [0, 0.05) is 12.8 Å². The van der Waals surface area contributed by atoms with Gasteiger partial charge in [0.1, 0.15) is 5.82 Å². The standard InChI is InChI=1S/C11H13N3O/c1-7-2-3-8-9(6-7)14-11(13-8)5-4-10(12)15/h2-3,6H,4-5H2,1H3,(H2,12,15)(H,13,14). The lowest BCUT2D eigenvalue weighted by atomic mass is 10.2. The molecule has 2 aromatic rings. The van der Waals surface area contributed by atoms with Crippen molar-refractivity contribution in [1.82, 2.24) is 9.97 Å². The second kappa shape index (κ2) is 3.73. The Balaban J connectivity index is 2.27. The predicted octanol–water partition coefficient (Wildman–Crippen LogP) is 1.29. The third kappa shape index (κ3) is 2.15. The number of aryl methyl sites for hydroxylation is 2. The number of nitrogens with zero attached hydrogens (tertiary/aromatic N) is 1. The third-order valence-corrected chi connectivity index (χ3v) is 2.29. The van der Waals surface area contributed by atoms with Crippen LogP contribution in [0.1, 0.15) is 17.8 Å². The molecule has 0 unspecified atom stereocenters. The molecule has 0 spiro atoms. The highest BCUT2D eigenvalue weighted by Crippen LogP contribution is 2.13. The second-order valence-electron chi connectivity index (χ2n) is 3.67. The molecule has 1 heterocycles. The van der Waals surface area contributed by atoms with E-state index in [0.29, 0.717) is 12.8 Å². The van der Waals surface area contributed by atoms with Crippen LogP contribution in [-0.4, -0.2) is 15.9 Å². The van der Waals surface area contributed by atoms with E-state index in [1.54, 1.807) is 0 Å². The minimum atomic E-state index is -0.299. The number of fused-ring (bicyclic) bond motifs is 1. The maximum Gasteiger partial charge on any atom is 0.217 e. The van der Waals surface area contributed by atoms with Gasteiger partial charge < -0.3 is 10.7 Å². The molecule has 0 aliphatic heterocycles. The molecule has 0 bridgehead atoms. The molecule has 0 atom stereocenters. The normalized spacial score (nSPS) is 10.7. The number of carbonyl (C=O) groups excluding carboxylic acids is 1. The van der Waals surface area contributed by atoms with Gasteiger partial charge in [-0.3, -0.25) is 4.79 Å². The number of imidazole rings is 1. The van der Waals surface area contributed by atoms with Crippen LogP contribution >= 0.6 is 0 Å². The highest BCUT2D eigenvalue weighted by molar-refractivity contribution is 5.76. The first-order valence-electron chi connectivity index (χ1n) is 4.89. The molecule has 1 aromatic carbocycles. The van der Waals surface area contributed by atoms with Crippen LogP contribution in [0.3, 0.4) is 0 Å². The van der Waals surface area contributed by atoms with Crippen LogP contribution < -0.4 is 5.73 Å². The van der Waals surface area contributed by atoms with Gasteiger partial charge in [-0.05, 0) is 24.6 Å². The van der Waals surface area contributed by atoms with Crippen molar-refractivity contribution in [1.29, 1.82) is 0 Å². The van der Waals surface area contributed by atoms with Crippen LogP contribution in [0.4, 0.5) is 0 Å². The molecule has 4 heteroatoms. The lowest BCUT2D eigenvalue weighted by molar-refractivity contribution is -0.118. The van der Waals surface area contributed by atoms with Gasteiger partial charge in [0.05, 0.1) is 11.0 Å². The number of rotatable bonds is 3. The average Bonchev–Trinajstić information content (AvgIpc) is 2.56. The Morgan fingerprint density at radius 3 is 3.07 bits per heavy atom. The molecule has 0 aliphatic rings. The minimum Gasteiger partial charge on any atom is -0.370 e. The van der Waals surface area contributed by atoms with E-state index in [2.05, 4.69) is 9.97 Å². The zero-order chi connectivity index (χ0) is 10.8. The summed E-state index contributed by atoms with van der Waals surface area (Å²) in [6, 6.07) is 6.02. The summed E-state index contributed by atoms with van der Waals surface area (Å²) in [6.07, 6.45) is 0.905. The number of benzene rings is 1. The van der Waals surface area contributed by atoms with E-state index in [4.69, 9.17) is 5.73 Å². The fourth-order valence-corrected chi connectivity index (χ4v) is 1.54. The van der Waals surface area contributed by atoms with E-state index in [9.17, 15) is 4.79 Å². The van der Waals surface area contributed by atoms with Crippen LogP contribution in [-0.2, 0) is 11.2 Å². The summed E-state index contributed by atoms with van der Waals surface area (Å²) in [6.45, 7) is 2.03. The number of carbonyl (C=O) groups is 1. The zero-order valence-corrected chi connectivity index (χ0v) is 8.58. The molecule has 0 aliphatic carbocycles. The van der Waals surface area contributed by atoms with E-state index >= 15 is 0 Å². The van der Waals surface area contributed by atoms with Gasteiger partial charge in [0.15, 0.2) is 0 Å². The molecule has 1 aromatic heterocycles. The summed E-state index contributed by atoms with van der Waals surface area (Å²) in [4.78, 5) is 18.2. The Morgan fingerprint density at radius 1 is 1.53 bits per heavy atom. The number of hydrogen-bond donors (Lipinski definition) is 2. The van der Waals surface area contributed by atoms with Crippen LogP contribution in [0.2, 0.25) is 0 Å². The first-order valence-corrected chi connectivity index (χ1v) is 4.89. The number of aromatic amines is 1. The average molecular weight is 203 g/mol. The van der Waals surface area contributed by atoms with Gasteiger partial charge in [-0.2, -0.15) is 0 Å². The largest absolute Gasteiger partial charge is 0.370 e. The Morgan fingerprint density at radius 2 is 2.33 bits per heavy atom. The molecule has 0 saturated heterocycles. The molecule has 78 valence electrons. The molecule has 0 radical (unpaired) electrons. The Hall–Kier alpha value is -1.84. The number of nitrogens with one attached hydrogen (secondary N) is 1. The quantitative estimate of drug-likeness (QED) is 0.789. The van der Waals surface area contributed by atoms with Gasteiger partial charge in [0.2, 0.25) is 5.91 Å². The fraction of sp³-hybridized carbons (Fsp3) is 0.273. The molecule has 0 saturated carbocycles. The van der Waals surface area contributed by atoms with Crippen molar-refractivity contribution in [3.8, 4) is 0 Å². The monoisotopic (exact) mass is 203 g/mol. The van der Waals surface area contributed by atoms with Gasteiger partial charge in [-0.25, -0.2) is 4.98 Å². The van der Waals surface area contributed by atoms with Crippen molar-refractivity contribution in [2.75, 3.05) is 0 Å². The van der Waals surface area contributed by atoms with Crippen molar-refractivity contribution in [3.63, 3.8) is 0 Å². The topological polar surface area (TPSA) is 71.8 Å². The molecule has 3 N–H and O–H groups in total. The Bertz CT molecular complexity index is 502. The smallest absolute Gasteiger partial charge is 0.217 e. The fourth-order valence-electron chi connectivity index (χ4n) is 1.54. The molecule has 15 heavy (non-hydrogen) atoms. The second-order valence-corrected chi connectivity index (χ2v) is 3.67. The van der Waals surface area contributed by atoms with Gasteiger partial charge in [-0.15, -0.1) is 0 Å². The lowest BCUT2D eigenvalue weighted by Crippen LogP contribution is -2.11. The first-order chi connectivity index (χ1) is 7.15. The van der Waals surface area contributed by atoms with Gasteiger partial charge in [-0.1, -0.05) is 6.07 Å². The number of nitrogens with two attached hydrogens (primary N) is 1. The summed E-state index contributed by atoms with van der Waals surface area (Å²) >= 11 is 0. The van der Waals surface area contributed by atoms with Crippen LogP contribution in [0.15, 0.2) is 18.2 Å². The SMILES string of the molecule is Cc1ccc2nc(CCC(N)=O)[nH]c2c1. The van der Waals surface area contributed by atoms with Crippen LogP contribution in [0.25, 0.3) is 11.0 Å². The molecule has 0 fully saturated rings. The molecular formula is C11H13N3O. The molecule has 1 amide bonds. The number of aromatic nitrogens is 2. The first kappa shape index (κ1) is 9.71. The highest BCUT2D eigenvalue weighted by Gasteiger charge is 2.03. The maximum absolute atomic E-state index is 10.6. The summed E-state index contributed by atoms with van der Waals surface area (Å²) in [7, 11) is 0. The van der Waals surface area contributed by atoms with E-state index < -0.39 is 0 Å². The van der Waals surface area contributed by atoms with E-state index in [1.165, 1.54) is 5.56 Å². The zero-order valence-electron chi connectivity index (χ0n) is 8.58. The van der Waals surface area contributed by atoms with Crippen LogP contribution in [0.5, 0.6) is 0 Å². The van der Waals surface area contributed by atoms with Crippen molar-refractivity contribution >= 4 is 16.9 Å². The van der Waals surface area contributed by atoms with E-state index in [-0.39, 0.29) is 5.91 Å². The number of H-pyrrole nitrogens is 1. The number of hydrogen-bond acceptors (Lipinski definition) is 2. The predicted molar refractivity (Wildman–Crippen MR) is 58.3 cm³/mol. The van der Waals surface area contributed by atoms with Crippen molar-refractivity contribution in [3.05, 3.63) is 29.6 Å².